The average molecular weight is 371 g/mol. The first kappa shape index (κ1) is 16.7. The Labute approximate surface area is 140 Å². The lowest BCUT2D eigenvalue weighted by Crippen LogP contribution is -2.36. The minimum Gasteiger partial charge on any atom is -0.318 e. The van der Waals surface area contributed by atoms with Crippen LogP contribution in [0.3, 0.4) is 0 Å². The van der Waals surface area contributed by atoms with Crippen LogP contribution in [0.25, 0.3) is 10.9 Å². The van der Waals surface area contributed by atoms with Crippen molar-refractivity contribution >= 4 is 39.2 Å². The molecule has 0 aliphatic carbocycles. The van der Waals surface area contributed by atoms with Gasteiger partial charge in [0, 0.05) is 35.2 Å². The number of nitrogens with one attached hydrogen (secondary N) is 1. The fourth-order valence-corrected chi connectivity index (χ4v) is 3.56. The Hall–Kier alpha value is -0.680. The first-order valence-electron chi connectivity index (χ1n) is 7.20. The highest BCUT2D eigenvalue weighted by molar-refractivity contribution is 9.10. The maximum absolute atomic E-state index is 4.58. The summed E-state index contributed by atoms with van der Waals surface area (Å²) in [4.78, 5) is 7.16. The standard InChI is InChI=1S/C16H20BrN3.ClH/c1-18-10-13-4-3-9-20(13)11-12-6-7-15(17)14-5-2-8-19-16(12)14;/h2,5-8,13,18H,3-4,9-11H2,1H3;1H. The number of aromatic nitrogens is 1. The average Bonchev–Trinajstić information content (AvgIpc) is 2.90. The van der Waals surface area contributed by atoms with Crippen LogP contribution >= 0.6 is 28.3 Å². The van der Waals surface area contributed by atoms with Gasteiger partial charge in [-0.1, -0.05) is 28.1 Å². The number of hydrogen-bond donors (Lipinski definition) is 1. The molecule has 3 rings (SSSR count). The van der Waals surface area contributed by atoms with Gasteiger partial charge < -0.3 is 5.32 Å². The lowest BCUT2D eigenvalue weighted by molar-refractivity contribution is 0.243. The Bertz CT molecular complexity index is 605. The maximum Gasteiger partial charge on any atom is 0.0758 e. The molecule has 1 aliphatic rings. The number of rotatable bonds is 4. The third-order valence-corrected chi connectivity index (χ3v) is 4.80. The summed E-state index contributed by atoms with van der Waals surface area (Å²) in [6.07, 6.45) is 4.48. The van der Waals surface area contributed by atoms with Crippen molar-refractivity contribution < 1.29 is 0 Å². The highest BCUT2D eigenvalue weighted by Gasteiger charge is 2.24. The zero-order valence-corrected chi connectivity index (χ0v) is 14.6. The highest BCUT2D eigenvalue weighted by atomic mass is 79.9. The third-order valence-electron chi connectivity index (χ3n) is 4.11. The molecule has 1 unspecified atom stereocenters. The summed E-state index contributed by atoms with van der Waals surface area (Å²) < 4.78 is 1.12. The van der Waals surface area contributed by atoms with Gasteiger partial charge in [0.2, 0.25) is 0 Å². The monoisotopic (exact) mass is 369 g/mol. The molecule has 1 saturated heterocycles. The van der Waals surface area contributed by atoms with Crippen LogP contribution in [0.1, 0.15) is 18.4 Å². The molecule has 1 aromatic carbocycles. The van der Waals surface area contributed by atoms with Crippen molar-refractivity contribution in [2.24, 2.45) is 0 Å². The largest absolute Gasteiger partial charge is 0.318 e. The lowest BCUT2D eigenvalue weighted by atomic mass is 10.1. The first-order valence-corrected chi connectivity index (χ1v) is 7.99. The van der Waals surface area contributed by atoms with Crippen molar-refractivity contribution in [3.05, 3.63) is 40.5 Å². The molecule has 0 spiro atoms. The molecule has 1 atom stereocenters. The molecule has 1 aromatic heterocycles. The van der Waals surface area contributed by atoms with Crippen LogP contribution in [0.2, 0.25) is 0 Å². The van der Waals surface area contributed by atoms with Gasteiger partial charge in [-0.25, -0.2) is 0 Å². The number of pyridine rings is 1. The van der Waals surface area contributed by atoms with Crippen LogP contribution in [0.4, 0.5) is 0 Å². The zero-order valence-electron chi connectivity index (χ0n) is 12.2. The van der Waals surface area contributed by atoms with Gasteiger partial charge in [-0.15, -0.1) is 12.4 Å². The van der Waals surface area contributed by atoms with E-state index in [0.717, 1.165) is 23.1 Å². The number of hydrogen-bond acceptors (Lipinski definition) is 3. The Kier molecular flexibility index (Phi) is 5.99. The number of likely N-dealkylation sites (N-methyl/N-ethyl adjacent to an activating group) is 1. The van der Waals surface area contributed by atoms with Crippen molar-refractivity contribution in [2.45, 2.75) is 25.4 Å². The van der Waals surface area contributed by atoms with E-state index in [2.05, 4.69) is 49.3 Å². The van der Waals surface area contributed by atoms with Crippen LogP contribution in [0.15, 0.2) is 34.9 Å². The molecule has 0 radical (unpaired) electrons. The third kappa shape index (κ3) is 3.57. The highest BCUT2D eigenvalue weighted by Crippen LogP contribution is 2.28. The number of halogens is 2. The van der Waals surface area contributed by atoms with E-state index in [1.54, 1.807) is 0 Å². The van der Waals surface area contributed by atoms with Crippen LogP contribution in [0, 0.1) is 0 Å². The Balaban J connectivity index is 0.00000161. The lowest BCUT2D eigenvalue weighted by Gasteiger charge is -2.24. The van der Waals surface area contributed by atoms with Crippen molar-refractivity contribution in [1.29, 1.82) is 0 Å². The fourth-order valence-electron chi connectivity index (χ4n) is 3.11. The molecule has 114 valence electrons. The van der Waals surface area contributed by atoms with E-state index in [1.165, 1.54) is 30.3 Å². The van der Waals surface area contributed by atoms with Gasteiger partial charge in [0.1, 0.15) is 0 Å². The smallest absolute Gasteiger partial charge is 0.0758 e. The molecule has 5 heteroatoms. The normalized spacial score (nSPS) is 18.9. The van der Waals surface area contributed by atoms with Crippen molar-refractivity contribution in [3.63, 3.8) is 0 Å². The summed E-state index contributed by atoms with van der Waals surface area (Å²) >= 11 is 3.62. The molecule has 2 heterocycles. The summed E-state index contributed by atoms with van der Waals surface area (Å²) in [6, 6.07) is 9.13. The van der Waals surface area contributed by atoms with E-state index in [9.17, 15) is 0 Å². The number of fused-ring (bicyclic) bond motifs is 1. The van der Waals surface area contributed by atoms with Gasteiger partial charge in [0.05, 0.1) is 5.52 Å². The summed E-state index contributed by atoms with van der Waals surface area (Å²) in [6.45, 7) is 3.26. The first-order chi connectivity index (χ1) is 9.79. The topological polar surface area (TPSA) is 28.2 Å². The van der Waals surface area contributed by atoms with E-state index in [0.29, 0.717) is 6.04 Å². The molecule has 1 N–H and O–H groups in total. The quantitative estimate of drug-likeness (QED) is 0.891. The van der Waals surface area contributed by atoms with Crippen LogP contribution in [-0.2, 0) is 6.54 Å². The molecule has 1 fully saturated rings. The molecule has 0 bridgehead atoms. The second kappa shape index (κ2) is 7.54. The Morgan fingerprint density at radius 1 is 1.38 bits per heavy atom. The Morgan fingerprint density at radius 3 is 3.05 bits per heavy atom. The minimum absolute atomic E-state index is 0. The van der Waals surface area contributed by atoms with Gasteiger partial charge in [0.25, 0.3) is 0 Å². The number of benzene rings is 1. The molecular formula is C16H21BrClN3. The second-order valence-corrected chi connectivity index (χ2v) is 6.28. The summed E-state index contributed by atoms with van der Waals surface area (Å²) in [5.74, 6) is 0. The van der Waals surface area contributed by atoms with Gasteiger partial charge in [-0.3, -0.25) is 9.88 Å². The SMILES string of the molecule is CNCC1CCCN1Cc1ccc(Br)c2cccnc12.Cl. The van der Waals surface area contributed by atoms with Gasteiger partial charge in [-0.2, -0.15) is 0 Å². The van der Waals surface area contributed by atoms with Gasteiger partial charge in [0.15, 0.2) is 0 Å². The number of nitrogens with zero attached hydrogens (tertiary/aromatic N) is 2. The van der Waals surface area contributed by atoms with E-state index < -0.39 is 0 Å². The second-order valence-electron chi connectivity index (χ2n) is 5.43. The molecular weight excluding hydrogens is 350 g/mol. The zero-order chi connectivity index (χ0) is 13.9. The van der Waals surface area contributed by atoms with Crippen LogP contribution in [-0.4, -0.2) is 36.1 Å². The van der Waals surface area contributed by atoms with Gasteiger partial charge >= 0.3 is 0 Å². The predicted octanol–water partition coefficient (Wildman–Crippen LogP) is 3.60. The van der Waals surface area contributed by atoms with Crippen molar-refractivity contribution in [3.8, 4) is 0 Å². The fraction of sp³-hybridized carbons (Fsp3) is 0.438. The van der Waals surface area contributed by atoms with E-state index >= 15 is 0 Å². The van der Waals surface area contributed by atoms with E-state index in [1.807, 2.05) is 19.3 Å². The summed E-state index contributed by atoms with van der Waals surface area (Å²) in [5.41, 5.74) is 2.45. The predicted molar refractivity (Wildman–Crippen MR) is 94.0 cm³/mol. The molecule has 2 aromatic rings. The molecule has 3 nitrogen and oxygen atoms in total. The molecule has 1 aliphatic heterocycles. The van der Waals surface area contributed by atoms with E-state index in [4.69, 9.17) is 0 Å². The molecule has 0 amide bonds. The van der Waals surface area contributed by atoms with Crippen LogP contribution in [0.5, 0.6) is 0 Å². The van der Waals surface area contributed by atoms with Gasteiger partial charge in [-0.05, 0) is 44.1 Å². The van der Waals surface area contributed by atoms with Crippen molar-refractivity contribution in [1.82, 2.24) is 15.2 Å². The summed E-state index contributed by atoms with van der Waals surface area (Å²) in [5, 5.41) is 4.51. The minimum atomic E-state index is 0. The van der Waals surface area contributed by atoms with Crippen molar-refractivity contribution in [2.75, 3.05) is 20.1 Å². The van der Waals surface area contributed by atoms with E-state index in [-0.39, 0.29) is 12.4 Å². The summed E-state index contributed by atoms with van der Waals surface area (Å²) in [7, 11) is 2.03. The number of likely N-dealkylation sites (tertiary alicyclic amines) is 1. The molecule has 0 saturated carbocycles. The maximum atomic E-state index is 4.58. The van der Waals surface area contributed by atoms with Crippen LogP contribution < -0.4 is 5.32 Å². The Morgan fingerprint density at radius 2 is 2.24 bits per heavy atom. The molecule has 21 heavy (non-hydrogen) atoms.